The van der Waals surface area contributed by atoms with Crippen LogP contribution in [0.25, 0.3) is 0 Å². The van der Waals surface area contributed by atoms with E-state index in [0.29, 0.717) is 19.6 Å². The molecular weight excluding hydrogens is 310 g/mol. The lowest BCUT2D eigenvalue weighted by atomic mass is 10.1. The highest BCUT2D eigenvalue weighted by Gasteiger charge is 2.29. The summed E-state index contributed by atoms with van der Waals surface area (Å²) < 4.78 is 0.758. The van der Waals surface area contributed by atoms with Crippen molar-refractivity contribution in [1.29, 1.82) is 0 Å². The smallest absolute Gasteiger partial charge is 0.318 e. The maximum absolute atomic E-state index is 12.0. The monoisotopic (exact) mass is 333 g/mol. The molecule has 1 aliphatic rings. The highest BCUT2D eigenvalue weighted by Crippen LogP contribution is 2.13. The lowest BCUT2D eigenvalue weighted by molar-refractivity contribution is 0.0120. The van der Waals surface area contributed by atoms with Crippen LogP contribution in [0.2, 0.25) is 0 Å². The van der Waals surface area contributed by atoms with Gasteiger partial charge in [0.15, 0.2) is 0 Å². The van der Waals surface area contributed by atoms with Crippen LogP contribution in [0.5, 0.6) is 0 Å². The van der Waals surface area contributed by atoms with Crippen LogP contribution in [0, 0.1) is 0 Å². The lowest BCUT2D eigenvalue weighted by Gasteiger charge is -2.41. The molecule has 1 fully saturated rings. The maximum Gasteiger partial charge on any atom is 0.318 e. The molecule has 0 aromatic rings. The van der Waals surface area contributed by atoms with E-state index in [1.54, 1.807) is 13.8 Å². The number of hydrogen-bond acceptors (Lipinski definition) is 3. The van der Waals surface area contributed by atoms with Crippen LogP contribution < -0.4 is 5.32 Å². The molecule has 0 unspecified atom stereocenters. The summed E-state index contributed by atoms with van der Waals surface area (Å²) in [5.74, 6) is 0. The number of urea groups is 1. The van der Waals surface area contributed by atoms with Crippen LogP contribution in [-0.2, 0) is 0 Å². The van der Waals surface area contributed by atoms with Gasteiger partial charge in [-0.25, -0.2) is 4.79 Å². The van der Waals surface area contributed by atoms with Crippen molar-refractivity contribution in [3.05, 3.63) is 11.1 Å². The maximum atomic E-state index is 12.0. The van der Waals surface area contributed by atoms with Crippen LogP contribution in [0.1, 0.15) is 20.8 Å². The molecule has 19 heavy (non-hydrogen) atoms. The Bertz CT molecular complexity index is 341. The zero-order chi connectivity index (χ0) is 14.6. The molecule has 0 saturated carbocycles. The van der Waals surface area contributed by atoms with Crippen molar-refractivity contribution < 1.29 is 9.90 Å². The van der Waals surface area contributed by atoms with E-state index >= 15 is 0 Å². The highest BCUT2D eigenvalue weighted by molar-refractivity contribution is 9.11. The van der Waals surface area contributed by atoms with Gasteiger partial charge in [0.2, 0.25) is 0 Å². The molecule has 110 valence electrons. The van der Waals surface area contributed by atoms with E-state index in [1.807, 2.05) is 11.8 Å². The number of carbonyl (C=O) groups is 1. The standard InChI is InChI=1S/C13H24BrN3O2/c1-10(14)7-15-12(18)17-6-5-16(8-11(17)2)9-13(3,4)19/h11,19H,1,5-9H2,2-4H3,(H,15,18)/t11-/m1/s1. The number of carbonyl (C=O) groups excluding carboxylic acids is 1. The van der Waals surface area contributed by atoms with E-state index in [2.05, 4.69) is 32.7 Å². The quantitative estimate of drug-likeness (QED) is 0.817. The number of amides is 2. The minimum Gasteiger partial charge on any atom is -0.389 e. The number of β-amino-alcohol motifs (C(OH)–C–C–N with tert-alkyl or cyclic N) is 1. The van der Waals surface area contributed by atoms with E-state index in [0.717, 1.165) is 17.6 Å². The Balaban J connectivity index is 2.45. The normalized spacial score (nSPS) is 21.3. The van der Waals surface area contributed by atoms with E-state index in [4.69, 9.17) is 0 Å². The SMILES string of the molecule is C=C(Br)CNC(=O)N1CCN(CC(C)(C)O)C[C@H]1C. The summed E-state index contributed by atoms with van der Waals surface area (Å²) in [6, 6.07) is 0.0794. The van der Waals surface area contributed by atoms with Crippen molar-refractivity contribution in [2.24, 2.45) is 0 Å². The molecular formula is C13H24BrN3O2. The molecule has 0 aromatic carbocycles. The third kappa shape index (κ3) is 5.93. The van der Waals surface area contributed by atoms with Crippen molar-refractivity contribution >= 4 is 22.0 Å². The van der Waals surface area contributed by atoms with Gasteiger partial charge in [0.1, 0.15) is 0 Å². The summed E-state index contributed by atoms with van der Waals surface area (Å²) in [6.45, 7) is 12.6. The minimum absolute atomic E-state index is 0.0593. The van der Waals surface area contributed by atoms with Crippen LogP contribution in [0.15, 0.2) is 11.1 Å². The molecule has 0 spiro atoms. The number of aliphatic hydroxyl groups is 1. The number of piperazine rings is 1. The van der Waals surface area contributed by atoms with Crippen LogP contribution in [0.3, 0.4) is 0 Å². The summed E-state index contributed by atoms with van der Waals surface area (Å²) in [4.78, 5) is 16.0. The Morgan fingerprint density at radius 2 is 2.16 bits per heavy atom. The minimum atomic E-state index is -0.697. The summed E-state index contributed by atoms with van der Waals surface area (Å²) in [6.07, 6.45) is 0. The predicted molar refractivity (Wildman–Crippen MR) is 80.4 cm³/mol. The predicted octanol–water partition coefficient (Wildman–Crippen LogP) is 1.38. The average molecular weight is 334 g/mol. The second kappa shape index (κ2) is 6.72. The number of hydrogen-bond donors (Lipinski definition) is 2. The van der Waals surface area contributed by atoms with Gasteiger partial charge >= 0.3 is 6.03 Å². The fourth-order valence-electron chi connectivity index (χ4n) is 2.30. The van der Waals surface area contributed by atoms with Crippen molar-refractivity contribution in [2.45, 2.75) is 32.4 Å². The summed E-state index contributed by atoms with van der Waals surface area (Å²) in [5.41, 5.74) is -0.697. The number of nitrogens with one attached hydrogen (secondary N) is 1. The fourth-order valence-corrected chi connectivity index (χ4v) is 2.44. The molecule has 1 atom stereocenters. The van der Waals surface area contributed by atoms with Crippen LogP contribution >= 0.6 is 15.9 Å². The first-order valence-corrected chi connectivity index (χ1v) is 7.31. The zero-order valence-electron chi connectivity index (χ0n) is 11.9. The van der Waals surface area contributed by atoms with Crippen LogP contribution in [0.4, 0.5) is 4.79 Å². The van der Waals surface area contributed by atoms with E-state index in [1.165, 1.54) is 0 Å². The molecule has 0 bridgehead atoms. The largest absolute Gasteiger partial charge is 0.389 e. The molecule has 1 heterocycles. The van der Waals surface area contributed by atoms with Gasteiger partial charge in [-0.1, -0.05) is 22.5 Å². The Morgan fingerprint density at radius 1 is 1.53 bits per heavy atom. The topological polar surface area (TPSA) is 55.8 Å². The van der Waals surface area contributed by atoms with Gasteiger partial charge in [-0.3, -0.25) is 4.90 Å². The number of nitrogens with zero attached hydrogens (tertiary/aromatic N) is 2. The number of rotatable bonds is 4. The van der Waals surface area contributed by atoms with Gasteiger partial charge in [-0.05, 0) is 20.8 Å². The van der Waals surface area contributed by atoms with E-state index in [9.17, 15) is 9.90 Å². The Labute approximate surface area is 123 Å². The Hall–Kier alpha value is -0.590. The zero-order valence-corrected chi connectivity index (χ0v) is 13.5. The first kappa shape index (κ1) is 16.5. The first-order chi connectivity index (χ1) is 8.69. The average Bonchev–Trinajstić information content (AvgIpc) is 2.23. The van der Waals surface area contributed by atoms with Crippen molar-refractivity contribution in [3.8, 4) is 0 Å². The fraction of sp³-hybridized carbons (Fsp3) is 0.769. The van der Waals surface area contributed by atoms with Gasteiger partial charge in [-0.15, -0.1) is 0 Å². The van der Waals surface area contributed by atoms with Crippen molar-refractivity contribution in [3.63, 3.8) is 0 Å². The second-order valence-corrected chi connectivity index (χ2v) is 6.89. The van der Waals surface area contributed by atoms with Gasteiger partial charge in [0, 0.05) is 36.7 Å². The van der Waals surface area contributed by atoms with Gasteiger partial charge < -0.3 is 15.3 Å². The van der Waals surface area contributed by atoms with Gasteiger partial charge in [0.25, 0.3) is 0 Å². The molecule has 6 heteroatoms. The molecule has 1 saturated heterocycles. The van der Waals surface area contributed by atoms with Crippen molar-refractivity contribution in [1.82, 2.24) is 15.1 Å². The van der Waals surface area contributed by atoms with Crippen molar-refractivity contribution in [2.75, 3.05) is 32.7 Å². The molecule has 1 aliphatic heterocycles. The number of halogens is 1. The Morgan fingerprint density at radius 3 is 2.63 bits per heavy atom. The molecule has 1 rings (SSSR count). The van der Waals surface area contributed by atoms with E-state index < -0.39 is 5.60 Å². The third-order valence-corrected chi connectivity index (χ3v) is 3.29. The molecule has 0 aromatic heterocycles. The lowest BCUT2D eigenvalue weighted by Crippen LogP contribution is -2.58. The molecule has 0 aliphatic carbocycles. The Kier molecular flexibility index (Phi) is 5.82. The first-order valence-electron chi connectivity index (χ1n) is 6.51. The molecule has 2 amide bonds. The molecule has 2 N–H and O–H groups in total. The molecule has 5 nitrogen and oxygen atoms in total. The van der Waals surface area contributed by atoms with Gasteiger partial charge in [0.05, 0.1) is 12.1 Å². The third-order valence-electron chi connectivity index (χ3n) is 3.01. The summed E-state index contributed by atoms with van der Waals surface area (Å²) in [7, 11) is 0. The molecule has 0 radical (unpaired) electrons. The highest BCUT2D eigenvalue weighted by atomic mass is 79.9. The van der Waals surface area contributed by atoms with Crippen LogP contribution in [-0.4, -0.2) is 65.3 Å². The summed E-state index contributed by atoms with van der Waals surface area (Å²) >= 11 is 3.22. The second-order valence-electron chi connectivity index (χ2n) is 5.77. The van der Waals surface area contributed by atoms with E-state index in [-0.39, 0.29) is 12.1 Å². The van der Waals surface area contributed by atoms with Gasteiger partial charge in [-0.2, -0.15) is 0 Å². The summed E-state index contributed by atoms with van der Waals surface area (Å²) in [5, 5.41) is 12.6.